The van der Waals surface area contributed by atoms with Crippen LogP contribution in [0.4, 0.5) is 5.69 Å². The SMILES string of the molecule is N#Cc1cccc(NCc2ccc(C(=O)O)o2)c1. The molecule has 2 rings (SSSR count). The first-order valence-electron chi connectivity index (χ1n) is 5.25. The van der Waals surface area contributed by atoms with E-state index in [-0.39, 0.29) is 5.76 Å². The van der Waals surface area contributed by atoms with Crippen molar-refractivity contribution in [3.63, 3.8) is 0 Å². The van der Waals surface area contributed by atoms with Crippen LogP contribution >= 0.6 is 0 Å². The lowest BCUT2D eigenvalue weighted by molar-refractivity contribution is 0.0660. The fraction of sp³-hybridized carbons (Fsp3) is 0.0769. The molecule has 2 N–H and O–H groups in total. The van der Waals surface area contributed by atoms with Crippen molar-refractivity contribution in [3.05, 3.63) is 53.5 Å². The standard InChI is InChI=1S/C13H10N2O3/c14-7-9-2-1-3-10(6-9)15-8-11-4-5-12(18-11)13(16)17/h1-6,15H,8H2,(H,16,17). The number of anilines is 1. The monoisotopic (exact) mass is 242 g/mol. The third kappa shape index (κ3) is 2.68. The third-order valence-electron chi connectivity index (χ3n) is 2.33. The lowest BCUT2D eigenvalue weighted by Crippen LogP contribution is -1.98. The highest BCUT2D eigenvalue weighted by Gasteiger charge is 2.08. The Morgan fingerprint density at radius 2 is 2.22 bits per heavy atom. The number of hydrogen-bond donors (Lipinski definition) is 2. The second-order valence-electron chi connectivity index (χ2n) is 3.62. The molecule has 0 radical (unpaired) electrons. The number of carboxylic acids is 1. The number of nitriles is 1. The van der Waals surface area contributed by atoms with Gasteiger partial charge >= 0.3 is 5.97 Å². The lowest BCUT2D eigenvalue weighted by atomic mass is 10.2. The zero-order valence-corrected chi connectivity index (χ0v) is 9.38. The van der Waals surface area contributed by atoms with E-state index in [0.29, 0.717) is 17.9 Å². The highest BCUT2D eigenvalue weighted by molar-refractivity contribution is 5.84. The summed E-state index contributed by atoms with van der Waals surface area (Å²) in [5.41, 5.74) is 1.34. The molecule has 5 heteroatoms. The van der Waals surface area contributed by atoms with Gasteiger partial charge in [-0.1, -0.05) is 6.07 Å². The van der Waals surface area contributed by atoms with Gasteiger partial charge in [0, 0.05) is 5.69 Å². The second kappa shape index (κ2) is 5.06. The Balaban J connectivity index is 2.02. The van der Waals surface area contributed by atoms with E-state index in [9.17, 15) is 4.79 Å². The van der Waals surface area contributed by atoms with Gasteiger partial charge in [-0.15, -0.1) is 0 Å². The molecule has 0 bridgehead atoms. The largest absolute Gasteiger partial charge is 0.475 e. The number of carboxylic acid groups (broad SMARTS) is 1. The van der Waals surface area contributed by atoms with Gasteiger partial charge in [0.05, 0.1) is 18.2 Å². The average Bonchev–Trinajstić information content (AvgIpc) is 2.85. The molecule has 18 heavy (non-hydrogen) atoms. The Labute approximate surface area is 103 Å². The fourth-order valence-electron chi connectivity index (χ4n) is 1.48. The van der Waals surface area contributed by atoms with Crippen LogP contribution in [0.15, 0.2) is 40.8 Å². The second-order valence-corrected chi connectivity index (χ2v) is 3.62. The number of nitrogens with zero attached hydrogens (tertiary/aromatic N) is 1. The van der Waals surface area contributed by atoms with E-state index in [0.717, 1.165) is 5.69 Å². The van der Waals surface area contributed by atoms with Crippen LogP contribution in [-0.4, -0.2) is 11.1 Å². The molecule has 5 nitrogen and oxygen atoms in total. The van der Waals surface area contributed by atoms with E-state index in [4.69, 9.17) is 14.8 Å². The normalized spacial score (nSPS) is 9.72. The molecule has 0 aliphatic carbocycles. The smallest absolute Gasteiger partial charge is 0.371 e. The van der Waals surface area contributed by atoms with Gasteiger partial charge in [-0.25, -0.2) is 4.79 Å². The average molecular weight is 242 g/mol. The summed E-state index contributed by atoms with van der Waals surface area (Å²) in [7, 11) is 0. The van der Waals surface area contributed by atoms with Crippen molar-refractivity contribution in [2.24, 2.45) is 0 Å². The molecular formula is C13H10N2O3. The number of furan rings is 1. The molecule has 0 aliphatic rings. The van der Waals surface area contributed by atoms with E-state index in [1.807, 2.05) is 12.1 Å². The Hall–Kier alpha value is -2.74. The predicted molar refractivity (Wildman–Crippen MR) is 64.2 cm³/mol. The first-order chi connectivity index (χ1) is 8.69. The van der Waals surface area contributed by atoms with Crippen LogP contribution in [0, 0.1) is 11.3 Å². The summed E-state index contributed by atoms with van der Waals surface area (Å²) in [6.07, 6.45) is 0. The van der Waals surface area contributed by atoms with Crippen molar-refractivity contribution in [1.82, 2.24) is 0 Å². The molecule has 0 fully saturated rings. The van der Waals surface area contributed by atoms with Crippen molar-refractivity contribution in [3.8, 4) is 6.07 Å². The summed E-state index contributed by atoms with van der Waals surface area (Å²) < 4.78 is 5.10. The van der Waals surface area contributed by atoms with Gasteiger partial charge < -0.3 is 14.8 Å². The zero-order chi connectivity index (χ0) is 13.0. The highest BCUT2D eigenvalue weighted by atomic mass is 16.4. The van der Waals surface area contributed by atoms with Crippen molar-refractivity contribution in [1.29, 1.82) is 5.26 Å². The lowest BCUT2D eigenvalue weighted by Gasteiger charge is -2.04. The number of hydrogen-bond acceptors (Lipinski definition) is 4. The Bertz CT molecular complexity index is 611. The van der Waals surface area contributed by atoms with Crippen molar-refractivity contribution < 1.29 is 14.3 Å². The summed E-state index contributed by atoms with van der Waals surface area (Å²) in [6, 6.07) is 12.1. The van der Waals surface area contributed by atoms with Gasteiger partial charge in [-0.05, 0) is 30.3 Å². The summed E-state index contributed by atoms with van der Waals surface area (Å²) in [4.78, 5) is 10.6. The van der Waals surface area contributed by atoms with Crippen LogP contribution in [0.5, 0.6) is 0 Å². The molecule has 0 aliphatic heterocycles. The summed E-state index contributed by atoms with van der Waals surface area (Å²) in [5.74, 6) is -0.653. The summed E-state index contributed by atoms with van der Waals surface area (Å²) in [5, 5.41) is 20.5. The van der Waals surface area contributed by atoms with E-state index in [1.165, 1.54) is 6.07 Å². The number of rotatable bonds is 4. The maximum atomic E-state index is 10.6. The van der Waals surface area contributed by atoms with Gasteiger partial charge in [-0.3, -0.25) is 0 Å². The fourth-order valence-corrected chi connectivity index (χ4v) is 1.48. The number of carbonyl (C=O) groups is 1. The van der Waals surface area contributed by atoms with E-state index in [1.54, 1.807) is 24.3 Å². The van der Waals surface area contributed by atoms with Crippen LogP contribution in [0.1, 0.15) is 21.9 Å². The third-order valence-corrected chi connectivity index (χ3v) is 2.33. The maximum Gasteiger partial charge on any atom is 0.371 e. The number of nitrogens with one attached hydrogen (secondary N) is 1. The molecule has 0 amide bonds. The molecular weight excluding hydrogens is 232 g/mol. The maximum absolute atomic E-state index is 10.6. The highest BCUT2D eigenvalue weighted by Crippen LogP contribution is 2.13. The van der Waals surface area contributed by atoms with Gasteiger partial charge in [0.2, 0.25) is 5.76 Å². The minimum Gasteiger partial charge on any atom is -0.475 e. The Kier molecular flexibility index (Phi) is 3.30. The number of benzene rings is 1. The van der Waals surface area contributed by atoms with E-state index >= 15 is 0 Å². The predicted octanol–water partition coefficient (Wildman–Crippen LogP) is 2.46. The summed E-state index contributed by atoms with van der Waals surface area (Å²) in [6.45, 7) is 0.363. The van der Waals surface area contributed by atoms with Crippen LogP contribution in [-0.2, 0) is 6.54 Å². The van der Waals surface area contributed by atoms with Crippen LogP contribution < -0.4 is 5.32 Å². The van der Waals surface area contributed by atoms with Gasteiger partial charge in [0.1, 0.15) is 5.76 Å². The zero-order valence-electron chi connectivity index (χ0n) is 9.38. The number of aromatic carboxylic acids is 1. The molecule has 1 aromatic heterocycles. The van der Waals surface area contributed by atoms with Crippen molar-refractivity contribution in [2.75, 3.05) is 5.32 Å². The van der Waals surface area contributed by atoms with Crippen LogP contribution in [0.3, 0.4) is 0 Å². The van der Waals surface area contributed by atoms with Crippen LogP contribution in [0.2, 0.25) is 0 Å². The van der Waals surface area contributed by atoms with Gasteiger partial charge in [-0.2, -0.15) is 5.26 Å². The molecule has 0 atom stereocenters. The van der Waals surface area contributed by atoms with Crippen LogP contribution in [0.25, 0.3) is 0 Å². The molecule has 0 saturated heterocycles. The minimum absolute atomic E-state index is 0.0856. The molecule has 2 aromatic rings. The quantitative estimate of drug-likeness (QED) is 0.860. The summed E-state index contributed by atoms with van der Waals surface area (Å²) >= 11 is 0. The molecule has 90 valence electrons. The van der Waals surface area contributed by atoms with E-state index < -0.39 is 5.97 Å². The van der Waals surface area contributed by atoms with Gasteiger partial charge in [0.25, 0.3) is 0 Å². The van der Waals surface area contributed by atoms with Gasteiger partial charge in [0.15, 0.2) is 0 Å². The molecule has 0 spiro atoms. The van der Waals surface area contributed by atoms with Crippen molar-refractivity contribution >= 4 is 11.7 Å². The molecule has 1 aromatic carbocycles. The van der Waals surface area contributed by atoms with E-state index in [2.05, 4.69) is 5.32 Å². The minimum atomic E-state index is -1.09. The first-order valence-corrected chi connectivity index (χ1v) is 5.25. The molecule has 0 saturated carbocycles. The van der Waals surface area contributed by atoms with Crippen molar-refractivity contribution in [2.45, 2.75) is 6.54 Å². The molecule has 0 unspecified atom stereocenters. The Morgan fingerprint density at radius 1 is 1.39 bits per heavy atom. The Morgan fingerprint density at radius 3 is 2.89 bits per heavy atom. The molecule has 1 heterocycles. The topological polar surface area (TPSA) is 86.3 Å². The first kappa shape index (κ1) is 11.7.